The van der Waals surface area contributed by atoms with Crippen LogP contribution in [0.5, 0.6) is 0 Å². The lowest BCUT2D eigenvalue weighted by Gasteiger charge is -2.07. The molecule has 20 heavy (non-hydrogen) atoms. The fourth-order valence-electron chi connectivity index (χ4n) is 1.41. The number of aryl methyl sites for hydroxylation is 1. The van der Waals surface area contributed by atoms with Crippen LogP contribution in [0, 0.1) is 6.92 Å². The molecule has 0 aliphatic carbocycles. The van der Waals surface area contributed by atoms with E-state index < -0.39 is 0 Å². The van der Waals surface area contributed by atoms with Gasteiger partial charge in [-0.25, -0.2) is 4.98 Å². The Kier molecular flexibility index (Phi) is 9.66. The molecule has 1 aromatic heterocycles. The van der Waals surface area contributed by atoms with Gasteiger partial charge in [0.25, 0.3) is 0 Å². The van der Waals surface area contributed by atoms with Gasteiger partial charge in [-0.3, -0.25) is 0 Å². The first-order valence-electron chi connectivity index (χ1n) is 7.13. The highest BCUT2D eigenvalue weighted by Crippen LogP contribution is 2.15. The molecule has 110 valence electrons. The molecule has 0 spiro atoms. The number of para-hydroxylation sites is 1. The fraction of sp³-hybridized carbons (Fsp3) is 0.375. The molecule has 0 aliphatic rings. The number of hydrogen-bond donors (Lipinski definition) is 2. The van der Waals surface area contributed by atoms with Crippen LogP contribution in [0.4, 0.5) is 17.5 Å². The van der Waals surface area contributed by atoms with E-state index in [1.54, 1.807) is 6.20 Å². The molecule has 0 atom stereocenters. The average Bonchev–Trinajstić information content (AvgIpc) is 2.54. The van der Waals surface area contributed by atoms with Gasteiger partial charge in [-0.15, -0.1) is 0 Å². The van der Waals surface area contributed by atoms with E-state index in [9.17, 15) is 0 Å². The van der Waals surface area contributed by atoms with Gasteiger partial charge in [0, 0.05) is 24.5 Å². The summed E-state index contributed by atoms with van der Waals surface area (Å²) in [6, 6.07) is 9.86. The van der Waals surface area contributed by atoms with Crippen LogP contribution in [0.15, 0.2) is 36.5 Å². The smallest absolute Gasteiger partial charge is 0.229 e. The third-order valence-corrected chi connectivity index (χ3v) is 2.24. The Balaban J connectivity index is 0.000000829. The number of benzene rings is 1. The summed E-state index contributed by atoms with van der Waals surface area (Å²) in [5, 5.41) is 6.17. The summed E-state index contributed by atoms with van der Waals surface area (Å²) < 4.78 is 0. The van der Waals surface area contributed by atoms with Gasteiger partial charge < -0.3 is 10.6 Å². The number of hydrogen-bond acceptors (Lipinski definition) is 4. The van der Waals surface area contributed by atoms with Crippen LogP contribution in [-0.4, -0.2) is 17.0 Å². The molecule has 0 aliphatic heterocycles. The highest BCUT2D eigenvalue weighted by molar-refractivity contribution is 5.55. The number of anilines is 3. The molecular formula is C16H26N4. The zero-order chi connectivity index (χ0) is 15.4. The predicted octanol–water partition coefficient (Wildman–Crippen LogP) is 4.62. The van der Waals surface area contributed by atoms with Crippen molar-refractivity contribution in [2.45, 2.75) is 34.6 Å². The van der Waals surface area contributed by atoms with Gasteiger partial charge in [-0.05, 0) is 19.1 Å². The number of nitrogens with one attached hydrogen (secondary N) is 2. The van der Waals surface area contributed by atoms with Crippen LogP contribution < -0.4 is 10.6 Å². The van der Waals surface area contributed by atoms with E-state index >= 15 is 0 Å². The van der Waals surface area contributed by atoms with Crippen molar-refractivity contribution in [1.29, 1.82) is 0 Å². The van der Waals surface area contributed by atoms with E-state index in [0.717, 1.165) is 17.1 Å². The van der Waals surface area contributed by atoms with E-state index in [4.69, 9.17) is 0 Å². The highest BCUT2D eigenvalue weighted by Gasteiger charge is 2.01. The van der Waals surface area contributed by atoms with E-state index in [1.807, 2.05) is 72.0 Å². The topological polar surface area (TPSA) is 49.8 Å². The van der Waals surface area contributed by atoms with Crippen molar-refractivity contribution < 1.29 is 0 Å². The minimum absolute atomic E-state index is 0.598. The van der Waals surface area contributed by atoms with Gasteiger partial charge in [-0.1, -0.05) is 45.9 Å². The first kappa shape index (κ1) is 17.9. The summed E-state index contributed by atoms with van der Waals surface area (Å²) in [6.45, 7) is 9.97. The van der Waals surface area contributed by atoms with Crippen LogP contribution in [0.1, 0.15) is 33.3 Å². The van der Waals surface area contributed by atoms with Crippen molar-refractivity contribution in [2.24, 2.45) is 0 Å². The van der Waals surface area contributed by atoms with E-state index in [2.05, 4.69) is 20.6 Å². The Morgan fingerprint density at radius 3 is 2.10 bits per heavy atom. The quantitative estimate of drug-likeness (QED) is 0.857. The molecule has 0 unspecified atom stereocenters. The maximum atomic E-state index is 4.35. The Hall–Kier alpha value is -2.10. The molecule has 0 amide bonds. The van der Waals surface area contributed by atoms with Crippen LogP contribution in [0.2, 0.25) is 0 Å². The third kappa shape index (κ3) is 5.69. The Bertz CT molecular complexity index is 469. The van der Waals surface area contributed by atoms with Gasteiger partial charge in [0.05, 0.1) is 0 Å². The van der Waals surface area contributed by atoms with Gasteiger partial charge >= 0.3 is 0 Å². The summed E-state index contributed by atoms with van der Waals surface area (Å²) in [7, 11) is 1.85. The van der Waals surface area contributed by atoms with E-state index in [-0.39, 0.29) is 0 Å². The van der Waals surface area contributed by atoms with Crippen molar-refractivity contribution in [2.75, 3.05) is 17.7 Å². The van der Waals surface area contributed by atoms with Crippen LogP contribution >= 0.6 is 0 Å². The molecule has 2 N–H and O–H groups in total. The molecule has 0 fully saturated rings. The molecule has 0 radical (unpaired) electrons. The zero-order valence-electron chi connectivity index (χ0n) is 13.4. The molecule has 1 heterocycles. The minimum atomic E-state index is 0.598. The number of aromatic nitrogens is 2. The first-order valence-corrected chi connectivity index (χ1v) is 7.13. The fourth-order valence-corrected chi connectivity index (χ4v) is 1.41. The second-order valence-corrected chi connectivity index (χ2v) is 3.47. The molecule has 2 rings (SSSR count). The monoisotopic (exact) mass is 274 g/mol. The molecule has 0 saturated heterocycles. The highest BCUT2D eigenvalue weighted by atomic mass is 15.1. The van der Waals surface area contributed by atoms with Crippen LogP contribution in [0.25, 0.3) is 0 Å². The van der Waals surface area contributed by atoms with Crippen LogP contribution in [0.3, 0.4) is 0 Å². The number of nitrogens with zero attached hydrogens (tertiary/aromatic N) is 2. The zero-order valence-corrected chi connectivity index (χ0v) is 13.4. The van der Waals surface area contributed by atoms with Gasteiger partial charge in [0.15, 0.2) is 0 Å². The predicted molar refractivity (Wildman–Crippen MR) is 88.7 cm³/mol. The molecule has 2 aromatic rings. The molecule has 0 saturated carbocycles. The van der Waals surface area contributed by atoms with E-state index in [1.165, 1.54) is 0 Å². The van der Waals surface area contributed by atoms with Crippen LogP contribution in [-0.2, 0) is 0 Å². The summed E-state index contributed by atoms with van der Waals surface area (Å²) in [5.41, 5.74) is 2.01. The summed E-state index contributed by atoms with van der Waals surface area (Å²) in [4.78, 5) is 8.57. The summed E-state index contributed by atoms with van der Waals surface area (Å²) in [5.74, 6) is 1.44. The van der Waals surface area contributed by atoms with Crippen molar-refractivity contribution in [3.63, 3.8) is 0 Å². The molecular weight excluding hydrogens is 248 g/mol. The lowest BCUT2D eigenvalue weighted by molar-refractivity contribution is 1.12. The Morgan fingerprint density at radius 2 is 1.55 bits per heavy atom. The molecule has 1 aromatic carbocycles. The lowest BCUT2D eigenvalue weighted by Crippen LogP contribution is -2.02. The normalized spacial score (nSPS) is 8.50. The number of rotatable bonds is 3. The Morgan fingerprint density at radius 1 is 0.950 bits per heavy atom. The largest absolute Gasteiger partial charge is 0.373 e. The third-order valence-electron chi connectivity index (χ3n) is 2.24. The summed E-state index contributed by atoms with van der Waals surface area (Å²) >= 11 is 0. The average molecular weight is 274 g/mol. The van der Waals surface area contributed by atoms with Gasteiger partial charge in [0.2, 0.25) is 5.95 Å². The second kappa shape index (κ2) is 10.8. The maximum Gasteiger partial charge on any atom is 0.229 e. The standard InChI is InChI=1S/C12H14N4.2C2H6/c1-9-8-14-12(16-11(9)13-2)15-10-6-4-3-5-7-10;2*1-2/h3-8H,1-2H3,(H2,13,14,15,16);2*1-2H3. The lowest BCUT2D eigenvalue weighted by atomic mass is 10.3. The second-order valence-electron chi connectivity index (χ2n) is 3.47. The van der Waals surface area contributed by atoms with Gasteiger partial charge in [0.1, 0.15) is 5.82 Å². The summed E-state index contributed by atoms with van der Waals surface area (Å²) in [6.07, 6.45) is 1.80. The van der Waals surface area contributed by atoms with Crippen molar-refractivity contribution in [3.8, 4) is 0 Å². The molecule has 0 bridgehead atoms. The van der Waals surface area contributed by atoms with E-state index in [0.29, 0.717) is 5.95 Å². The molecule has 4 heteroatoms. The SMILES string of the molecule is CC.CC.CNc1nc(Nc2ccccc2)ncc1C. The van der Waals surface area contributed by atoms with Crippen molar-refractivity contribution >= 4 is 17.5 Å². The Labute approximate surface area is 122 Å². The van der Waals surface area contributed by atoms with Gasteiger partial charge in [-0.2, -0.15) is 4.98 Å². The first-order chi connectivity index (χ1) is 9.79. The van der Waals surface area contributed by atoms with Crippen molar-refractivity contribution in [3.05, 3.63) is 42.1 Å². The molecule has 4 nitrogen and oxygen atoms in total. The minimum Gasteiger partial charge on any atom is -0.373 e. The van der Waals surface area contributed by atoms with Crippen molar-refractivity contribution in [1.82, 2.24) is 9.97 Å². The maximum absolute atomic E-state index is 4.35.